The first-order valence-electron chi connectivity index (χ1n) is 10.3. The van der Waals surface area contributed by atoms with Gasteiger partial charge < -0.3 is 5.11 Å². The molecular weight excluding hydrogens is 337 g/mol. The Balaban J connectivity index is 1.49. The molecule has 27 heavy (non-hydrogen) atoms. The molecule has 3 heteroatoms. The van der Waals surface area contributed by atoms with Gasteiger partial charge in [0.15, 0.2) is 0 Å². The minimum absolute atomic E-state index is 0.00742. The molecule has 0 bridgehead atoms. The first kappa shape index (κ1) is 17.4. The average molecular weight is 365 g/mol. The van der Waals surface area contributed by atoms with E-state index in [0.717, 1.165) is 37.7 Å². The van der Waals surface area contributed by atoms with Gasteiger partial charge >= 0.3 is 0 Å². The van der Waals surface area contributed by atoms with Crippen molar-refractivity contribution in [1.82, 2.24) is 4.98 Å². The highest BCUT2D eigenvalue weighted by molar-refractivity contribution is 5.78. The maximum Gasteiger partial charge on any atom is 0.142 e. The summed E-state index contributed by atoms with van der Waals surface area (Å²) in [5.74, 6) is 0.948. The minimum atomic E-state index is -0.266. The van der Waals surface area contributed by atoms with Gasteiger partial charge in [0.25, 0.3) is 0 Å². The largest absolute Gasteiger partial charge is 0.393 e. The Morgan fingerprint density at radius 1 is 1.15 bits per heavy atom. The highest BCUT2D eigenvalue weighted by Gasteiger charge is 2.54. The molecule has 0 radical (unpaired) electrons. The SMILES string of the molecule is C[C@]12CC[C@H]3[C@@H](CC=C4C[C@@H](O)CC[C@@]43C)C1=CC=C2c1cncc(F)c1. The fraction of sp³-hybridized carbons (Fsp3) is 0.542. The molecule has 0 spiro atoms. The van der Waals surface area contributed by atoms with Crippen LogP contribution in [0.25, 0.3) is 5.57 Å². The van der Waals surface area contributed by atoms with Gasteiger partial charge in [-0.3, -0.25) is 4.98 Å². The van der Waals surface area contributed by atoms with Gasteiger partial charge in [-0.2, -0.15) is 0 Å². The molecule has 0 unspecified atom stereocenters. The molecule has 2 nitrogen and oxygen atoms in total. The van der Waals surface area contributed by atoms with Gasteiger partial charge in [-0.25, -0.2) is 4.39 Å². The Morgan fingerprint density at radius 3 is 2.81 bits per heavy atom. The van der Waals surface area contributed by atoms with E-state index in [1.807, 2.05) is 0 Å². The van der Waals surface area contributed by atoms with Crippen molar-refractivity contribution in [1.29, 1.82) is 0 Å². The molecule has 2 fully saturated rings. The zero-order valence-corrected chi connectivity index (χ0v) is 16.2. The lowest BCUT2D eigenvalue weighted by Gasteiger charge is -2.56. The highest BCUT2D eigenvalue weighted by Crippen LogP contribution is 2.64. The van der Waals surface area contributed by atoms with Crippen LogP contribution in [0.1, 0.15) is 57.9 Å². The van der Waals surface area contributed by atoms with Crippen LogP contribution in [0.4, 0.5) is 4.39 Å². The Bertz CT molecular complexity index is 884. The molecule has 4 aliphatic rings. The molecule has 142 valence electrons. The fourth-order valence-electron chi connectivity index (χ4n) is 6.62. The lowest BCUT2D eigenvalue weighted by molar-refractivity contribution is 0.0369. The number of allylic oxidation sites excluding steroid dienone is 5. The maximum atomic E-state index is 13.8. The number of pyridine rings is 1. The molecule has 2 saturated carbocycles. The average Bonchev–Trinajstić information content (AvgIpc) is 2.99. The number of hydrogen-bond donors (Lipinski definition) is 1. The maximum absolute atomic E-state index is 13.8. The number of aliphatic hydroxyl groups is 1. The third-order valence-corrected chi connectivity index (χ3v) is 8.14. The predicted molar refractivity (Wildman–Crippen MR) is 105 cm³/mol. The van der Waals surface area contributed by atoms with E-state index in [2.05, 4.69) is 37.1 Å². The summed E-state index contributed by atoms with van der Waals surface area (Å²) in [7, 11) is 0. The summed E-state index contributed by atoms with van der Waals surface area (Å²) < 4.78 is 13.8. The second-order valence-corrected chi connectivity index (χ2v) is 9.46. The van der Waals surface area contributed by atoms with Crippen molar-refractivity contribution in [2.45, 2.75) is 58.5 Å². The Labute approximate surface area is 160 Å². The first-order chi connectivity index (χ1) is 12.9. The topological polar surface area (TPSA) is 33.1 Å². The molecule has 5 atom stereocenters. The quantitative estimate of drug-likeness (QED) is 0.671. The van der Waals surface area contributed by atoms with Gasteiger partial charge in [-0.1, -0.05) is 43.2 Å². The molecule has 1 aromatic rings. The van der Waals surface area contributed by atoms with Crippen molar-refractivity contribution >= 4 is 5.57 Å². The normalized spacial score (nSPS) is 40.3. The van der Waals surface area contributed by atoms with Crippen LogP contribution in [0.5, 0.6) is 0 Å². The second kappa shape index (κ2) is 5.88. The Hall–Kier alpha value is -1.74. The third-order valence-electron chi connectivity index (χ3n) is 8.14. The van der Waals surface area contributed by atoms with Crippen LogP contribution < -0.4 is 0 Å². The van der Waals surface area contributed by atoms with Crippen molar-refractivity contribution in [2.24, 2.45) is 22.7 Å². The molecule has 5 rings (SSSR count). The van der Waals surface area contributed by atoms with E-state index < -0.39 is 0 Å². The minimum Gasteiger partial charge on any atom is -0.393 e. The molecule has 0 aromatic carbocycles. The van der Waals surface area contributed by atoms with Gasteiger partial charge in [0.05, 0.1) is 12.3 Å². The molecule has 0 aliphatic heterocycles. The van der Waals surface area contributed by atoms with E-state index in [9.17, 15) is 9.50 Å². The van der Waals surface area contributed by atoms with Gasteiger partial charge in [0, 0.05) is 11.6 Å². The van der Waals surface area contributed by atoms with Gasteiger partial charge in [-0.15, -0.1) is 0 Å². The second-order valence-electron chi connectivity index (χ2n) is 9.46. The van der Waals surface area contributed by atoms with E-state index in [0.29, 0.717) is 11.8 Å². The van der Waals surface area contributed by atoms with Crippen LogP contribution >= 0.6 is 0 Å². The zero-order valence-electron chi connectivity index (χ0n) is 16.2. The third kappa shape index (κ3) is 2.44. The Morgan fingerprint density at radius 2 is 2.00 bits per heavy atom. The van der Waals surface area contributed by atoms with Crippen LogP contribution in [0, 0.1) is 28.5 Å². The number of aliphatic hydroxyl groups excluding tert-OH is 1. The lowest BCUT2D eigenvalue weighted by Crippen LogP contribution is -2.47. The number of fused-ring (bicyclic) bond motifs is 5. The van der Waals surface area contributed by atoms with E-state index in [-0.39, 0.29) is 22.8 Å². The number of halogens is 1. The first-order valence-corrected chi connectivity index (χ1v) is 10.3. The molecule has 4 aliphatic carbocycles. The number of rotatable bonds is 1. The van der Waals surface area contributed by atoms with Gasteiger partial charge in [0.2, 0.25) is 0 Å². The van der Waals surface area contributed by atoms with E-state index >= 15 is 0 Å². The molecule has 1 heterocycles. The van der Waals surface area contributed by atoms with Crippen LogP contribution in [0.15, 0.2) is 47.8 Å². The lowest BCUT2D eigenvalue weighted by atomic mass is 9.49. The van der Waals surface area contributed by atoms with Crippen molar-refractivity contribution in [3.05, 3.63) is 59.2 Å². The van der Waals surface area contributed by atoms with Crippen LogP contribution in [0.2, 0.25) is 0 Å². The summed E-state index contributed by atoms with van der Waals surface area (Å²) in [6, 6.07) is 1.62. The number of aromatic nitrogens is 1. The van der Waals surface area contributed by atoms with Crippen LogP contribution in [0.3, 0.4) is 0 Å². The summed E-state index contributed by atoms with van der Waals surface area (Å²) >= 11 is 0. The van der Waals surface area contributed by atoms with Crippen molar-refractivity contribution in [2.75, 3.05) is 0 Å². The molecule has 0 amide bonds. The van der Waals surface area contributed by atoms with E-state index in [1.54, 1.807) is 12.3 Å². The van der Waals surface area contributed by atoms with Gasteiger partial charge in [0.1, 0.15) is 5.82 Å². The number of nitrogens with zero attached hydrogens (tertiary/aromatic N) is 1. The van der Waals surface area contributed by atoms with Crippen LogP contribution in [-0.2, 0) is 0 Å². The zero-order chi connectivity index (χ0) is 18.8. The van der Waals surface area contributed by atoms with E-state index in [1.165, 1.54) is 29.3 Å². The van der Waals surface area contributed by atoms with Gasteiger partial charge in [-0.05, 0) is 73.0 Å². The molecule has 0 saturated heterocycles. The summed E-state index contributed by atoms with van der Waals surface area (Å²) in [6.45, 7) is 4.77. The van der Waals surface area contributed by atoms with Crippen LogP contribution in [-0.4, -0.2) is 16.2 Å². The summed E-state index contributed by atoms with van der Waals surface area (Å²) in [5.41, 5.74) is 5.39. The Kier molecular flexibility index (Phi) is 3.78. The van der Waals surface area contributed by atoms with Crippen molar-refractivity contribution < 1.29 is 9.50 Å². The summed E-state index contributed by atoms with van der Waals surface area (Å²) in [4.78, 5) is 4.08. The summed E-state index contributed by atoms with van der Waals surface area (Å²) in [6.07, 6.45) is 16.1. The van der Waals surface area contributed by atoms with Crippen molar-refractivity contribution in [3.8, 4) is 0 Å². The molecule has 1 aromatic heterocycles. The smallest absolute Gasteiger partial charge is 0.142 e. The summed E-state index contributed by atoms with van der Waals surface area (Å²) in [5, 5.41) is 10.1. The predicted octanol–water partition coefficient (Wildman–Crippen LogP) is 5.46. The highest BCUT2D eigenvalue weighted by atomic mass is 19.1. The van der Waals surface area contributed by atoms with Crippen molar-refractivity contribution in [3.63, 3.8) is 0 Å². The number of hydrogen-bond acceptors (Lipinski definition) is 2. The fourth-order valence-corrected chi connectivity index (χ4v) is 6.62. The molecule has 1 N–H and O–H groups in total. The molecular formula is C24H28FNO. The standard InChI is InChI=1S/C24H28FNO/c1-23-9-7-18(27)12-16(23)3-4-19-21-6-5-20(15-11-17(25)14-26-13-15)24(21,2)10-8-22(19)23/h3,5-6,11,13-14,18-19,22,27H,4,7-10,12H2,1-2H3/t18-,19-,22-,23-,24+/m0/s1. The monoisotopic (exact) mass is 365 g/mol. The van der Waals surface area contributed by atoms with E-state index in [4.69, 9.17) is 0 Å².